The van der Waals surface area contributed by atoms with Crippen molar-refractivity contribution in [3.05, 3.63) is 82.9 Å². The van der Waals surface area contributed by atoms with E-state index in [0.29, 0.717) is 11.4 Å². The molecule has 120 valence electrons. The van der Waals surface area contributed by atoms with E-state index < -0.39 is 0 Å². The molecule has 2 heterocycles. The van der Waals surface area contributed by atoms with Gasteiger partial charge in [-0.25, -0.2) is 4.98 Å². The van der Waals surface area contributed by atoms with Crippen LogP contribution in [0.4, 0.5) is 0 Å². The Bertz CT molecular complexity index is 1090. The molecule has 4 rings (SSSR count). The van der Waals surface area contributed by atoms with Gasteiger partial charge in [-0.05, 0) is 48.5 Å². The maximum Gasteiger partial charge on any atom is 0.149 e. The summed E-state index contributed by atoms with van der Waals surface area (Å²) in [5.41, 5.74) is 4.19. The van der Waals surface area contributed by atoms with E-state index in [1.54, 1.807) is 0 Å². The van der Waals surface area contributed by atoms with Crippen LogP contribution < -0.4 is 0 Å². The van der Waals surface area contributed by atoms with Gasteiger partial charge in [-0.3, -0.25) is 0 Å². The van der Waals surface area contributed by atoms with Gasteiger partial charge < -0.3 is 9.55 Å². The van der Waals surface area contributed by atoms with Gasteiger partial charge in [-0.1, -0.05) is 34.1 Å². The molecule has 0 spiro atoms. The summed E-state index contributed by atoms with van der Waals surface area (Å²) in [6.07, 6.45) is 3.82. The Morgan fingerprint density at radius 1 is 1.12 bits per heavy atom. The van der Waals surface area contributed by atoms with Crippen LogP contribution in [0, 0.1) is 11.3 Å². The summed E-state index contributed by atoms with van der Waals surface area (Å²) in [6.45, 7) is 0. The number of nitrogens with zero attached hydrogens (tertiary/aromatic N) is 3. The minimum absolute atomic E-state index is 0.492. The van der Waals surface area contributed by atoms with Crippen LogP contribution in [0.2, 0.25) is 0 Å². The number of para-hydroxylation sites is 2. The van der Waals surface area contributed by atoms with Crippen LogP contribution in [-0.4, -0.2) is 14.5 Å². The number of aromatic amines is 1. The van der Waals surface area contributed by atoms with Crippen LogP contribution >= 0.6 is 15.9 Å². The van der Waals surface area contributed by atoms with Crippen molar-refractivity contribution in [2.45, 2.75) is 0 Å². The summed E-state index contributed by atoms with van der Waals surface area (Å²) in [4.78, 5) is 7.73. The number of imidazole rings is 1. The summed E-state index contributed by atoms with van der Waals surface area (Å²) in [5, 5.41) is 9.61. The molecule has 5 heteroatoms. The number of aromatic nitrogens is 3. The number of nitrogens with one attached hydrogen (secondary N) is 1. The van der Waals surface area contributed by atoms with Gasteiger partial charge in [0.25, 0.3) is 0 Å². The van der Waals surface area contributed by atoms with E-state index in [1.807, 2.05) is 77.5 Å². The van der Waals surface area contributed by atoms with Crippen molar-refractivity contribution in [3.63, 3.8) is 0 Å². The van der Waals surface area contributed by atoms with Crippen LogP contribution in [0.5, 0.6) is 0 Å². The summed E-state index contributed by atoms with van der Waals surface area (Å²) < 4.78 is 3.04. The van der Waals surface area contributed by atoms with Crippen molar-refractivity contribution in [2.75, 3.05) is 0 Å². The molecule has 0 aliphatic rings. The fraction of sp³-hybridized carbons (Fsp3) is 0. The van der Waals surface area contributed by atoms with Crippen molar-refractivity contribution < 1.29 is 0 Å². The number of allylic oxidation sites excluding steroid dienone is 1. The molecule has 0 aliphatic heterocycles. The first-order valence-corrected chi connectivity index (χ1v) is 8.54. The maximum absolute atomic E-state index is 9.61. The zero-order valence-corrected chi connectivity index (χ0v) is 14.7. The van der Waals surface area contributed by atoms with Gasteiger partial charge in [0.05, 0.1) is 16.6 Å². The molecule has 2 aromatic carbocycles. The lowest BCUT2D eigenvalue weighted by Gasteiger charge is -2.07. The molecule has 0 amide bonds. The van der Waals surface area contributed by atoms with Crippen LogP contribution in [0.3, 0.4) is 0 Å². The molecule has 25 heavy (non-hydrogen) atoms. The number of benzene rings is 2. The first-order chi connectivity index (χ1) is 12.2. The van der Waals surface area contributed by atoms with Gasteiger partial charge in [0, 0.05) is 22.1 Å². The minimum atomic E-state index is 0.492. The molecule has 2 aromatic heterocycles. The third kappa shape index (κ3) is 3.00. The average molecular weight is 389 g/mol. The molecule has 0 radical (unpaired) electrons. The normalized spacial score (nSPS) is 11.6. The van der Waals surface area contributed by atoms with Gasteiger partial charge in [0.2, 0.25) is 0 Å². The standard InChI is InChI=1S/C20H13BrN4/c21-15-5-3-6-17(12-15)25-10-4-7-16(25)11-14(13-22)20-23-18-8-1-2-9-19(18)24-20/h1-12H,(H,23,24)/b14-11-. The molecule has 1 N–H and O–H groups in total. The van der Waals surface area contributed by atoms with E-state index in [9.17, 15) is 5.26 Å². The van der Waals surface area contributed by atoms with Gasteiger partial charge in [0.1, 0.15) is 11.9 Å². The number of nitriles is 1. The fourth-order valence-corrected chi connectivity index (χ4v) is 3.14. The summed E-state index contributed by atoms with van der Waals surface area (Å²) in [7, 11) is 0. The Kier molecular flexibility index (Phi) is 3.96. The van der Waals surface area contributed by atoms with Crippen molar-refractivity contribution in [1.29, 1.82) is 5.26 Å². The first-order valence-electron chi connectivity index (χ1n) is 7.75. The topological polar surface area (TPSA) is 57.4 Å². The molecular weight excluding hydrogens is 376 g/mol. The number of halogens is 1. The molecule has 0 saturated carbocycles. The maximum atomic E-state index is 9.61. The fourth-order valence-electron chi connectivity index (χ4n) is 2.75. The monoisotopic (exact) mass is 388 g/mol. The van der Waals surface area contributed by atoms with E-state index >= 15 is 0 Å². The predicted molar refractivity (Wildman–Crippen MR) is 103 cm³/mol. The van der Waals surface area contributed by atoms with Gasteiger partial charge in [0.15, 0.2) is 0 Å². The second-order valence-electron chi connectivity index (χ2n) is 5.56. The highest BCUT2D eigenvalue weighted by Gasteiger charge is 2.09. The Hall–Kier alpha value is -3.10. The van der Waals surface area contributed by atoms with Crippen LogP contribution in [0.25, 0.3) is 28.4 Å². The van der Waals surface area contributed by atoms with Crippen LogP contribution in [0.1, 0.15) is 11.5 Å². The molecule has 0 bridgehead atoms. The molecule has 0 saturated heterocycles. The third-order valence-electron chi connectivity index (χ3n) is 3.92. The van der Waals surface area contributed by atoms with Crippen molar-refractivity contribution >= 4 is 38.6 Å². The summed E-state index contributed by atoms with van der Waals surface area (Å²) >= 11 is 3.50. The number of fused-ring (bicyclic) bond motifs is 1. The highest BCUT2D eigenvalue weighted by Crippen LogP contribution is 2.22. The minimum Gasteiger partial charge on any atom is -0.337 e. The molecule has 0 aliphatic carbocycles. The Morgan fingerprint density at radius 3 is 2.80 bits per heavy atom. The summed E-state index contributed by atoms with van der Waals surface area (Å²) in [6, 6.07) is 22.0. The average Bonchev–Trinajstić information content (AvgIpc) is 3.26. The molecule has 0 atom stereocenters. The lowest BCUT2D eigenvalue weighted by atomic mass is 10.2. The molecule has 4 aromatic rings. The van der Waals surface area contributed by atoms with Gasteiger partial charge >= 0.3 is 0 Å². The number of hydrogen-bond acceptors (Lipinski definition) is 2. The molecule has 0 unspecified atom stereocenters. The first kappa shape index (κ1) is 15.4. The molecule has 4 nitrogen and oxygen atoms in total. The zero-order valence-electron chi connectivity index (χ0n) is 13.1. The Balaban J connectivity index is 1.79. The van der Waals surface area contributed by atoms with E-state index in [1.165, 1.54) is 0 Å². The number of H-pyrrole nitrogens is 1. The van der Waals surface area contributed by atoms with Crippen molar-refractivity contribution in [1.82, 2.24) is 14.5 Å². The van der Waals surface area contributed by atoms with Gasteiger partial charge in [-0.15, -0.1) is 0 Å². The van der Waals surface area contributed by atoms with Crippen molar-refractivity contribution in [3.8, 4) is 11.8 Å². The summed E-state index contributed by atoms with van der Waals surface area (Å²) in [5.74, 6) is 0.575. The predicted octanol–water partition coefficient (Wildman–Crippen LogP) is 5.18. The number of rotatable bonds is 3. The second kappa shape index (κ2) is 6.42. The molecular formula is C20H13BrN4. The number of hydrogen-bond donors (Lipinski definition) is 1. The highest BCUT2D eigenvalue weighted by atomic mass is 79.9. The van der Waals surface area contributed by atoms with E-state index in [0.717, 1.165) is 26.9 Å². The zero-order chi connectivity index (χ0) is 17.2. The smallest absolute Gasteiger partial charge is 0.149 e. The van der Waals surface area contributed by atoms with E-state index in [2.05, 4.69) is 32.0 Å². The highest BCUT2D eigenvalue weighted by molar-refractivity contribution is 9.10. The van der Waals surface area contributed by atoms with Gasteiger partial charge in [-0.2, -0.15) is 5.26 Å². The molecule has 0 fully saturated rings. The lowest BCUT2D eigenvalue weighted by molar-refractivity contribution is 1.06. The Morgan fingerprint density at radius 2 is 2.00 bits per heavy atom. The Labute approximate surface area is 153 Å². The SMILES string of the molecule is N#C/C(=C/c1cccn1-c1cccc(Br)c1)c1nc2ccccc2[nH]1. The van der Waals surface area contributed by atoms with E-state index in [-0.39, 0.29) is 0 Å². The van der Waals surface area contributed by atoms with Crippen LogP contribution in [-0.2, 0) is 0 Å². The van der Waals surface area contributed by atoms with Crippen LogP contribution in [0.15, 0.2) is 71.3 Å². The second-order valence-corrected chi connectivity index (χ2v) is 6.47. The van der Waals surface area contributed by atoms with E-state index in [4.69, 9.17) is 0 Å². The third-order valence-corrected chi connectivity index (χ3v) is 4.42. The lowest BCUT2D eigenvalue weighted by Crippen LogP contribution is -1.95. The largest absolute Gasteiger partial charge is 0.337 e. The van der Waals surface area contributed by atoms with Crippen molar-refractivity contribution in [2.24, 2.45) is 0 Å². The quantitative estimate of drug-likeness (QED) is 0.491.